The third kappa shape index (κ3) is 4.57. The van der Waals surface area contributed by atoms with Crippen LogP contribution in [0.1, 0.15) is 13.3 Å². The SMILES string of the molecule is CCCNCCn1nnnc1SCCF. The quantitative estimate of drug-likeness (QED) is 0.530. The predicted octanol–water partition coefficient (Wildman–Crippen LogP) is 0.734. The summed E-state index contributed by atoms with van der Waals surface area (Å²) in [7, 11) is 0. The average molecular weight is 233 g/mol. The highest BCUT2D eigenvalue weighted by molar-refractivity contribution is 7.99. The number of nitrogens with one attached hydrogen (secondary N) is 1. The zero-order valence-electron chi connectivity index (χ0n) is 8.82. The molecule has 1 N–H and O–H groups in total. The van der Waals surface area contributed by atoms with Gasteiger partial charge in [0.15, 0.2) is 0 Å². The number of hydrogen-bond acceptors (Lipinski definition) is 5. The van der Waals surface area contributed by atoms with Gasteiger partial charge in [0, 0.05) is 12.3 Å². The molecule has 0 aliphatic rings. The molecule has 86 valence electrons. The van der Waals surface area contributed by atoms with Crippen LogP contribution in [0.2, 0.25) is 0 Å². The van der Waals surface area contributed by atoms with E-state index in [1.165, 1.54) is 11.8 Å². The summed E-state index contributed by atoms with van der Waals surface area (Å²) >= 11 is 1.34. The molecule has 5 nitrogen and oxygen atoms in total. The van der Waals surface area contributed by atoms with Crippen molar-refractivity contribution in [3.63, 3.8) is 0 Å². The third-order valence-corrected chi connectivity index (χ3v) is 2.64. The molecule has 0 amide bonds. The summed E-state index contributed by atoms with van der Waals surface area (Å²) in [5, 5.41) is 15.2. The highest BCUT2D eigenvalue weighted by atomic mass is 32.2. The Hall–Kier alpha value is -0.690. The van der Waals surface area contributed by atoms with Crippen molar-refractivity contribution in [1.29, 1.82) is 0 Å². The summed E-state index contributed by atoms with van der Waals surface area (Å²) in [4.78, 5) is 0. The Bertz CT molecular complexity index is 267. The van der Waals surface area contributed by atoms with Gasteiger partial charge in [0.25, 0.3) is 0 Å². The summed E-state index contributed by atoms with van der Waals surface area (Å²) in [6.45, 7) is 4.32. The van der Waals surface area contributed by atoms with E-state index in [1.54, 1.807) is 4.68 Å². The van der Waals surface area contributed by atoms with Crippen LogP contribution < -0.4 is 5.32 Å². The van der Waals surface area contributed by atoms with Crippen LogP contribution in [0.4, 0.5) is 4.39 Å². The number of aromatic nitrogens is 4. The van der Waals surface area contributed by atoms with E-state index in [2.05, 4.69) is 27.8 Å². The van der Waals surface area contributed by atoms with Crippen molar-refractivity contribution in [1.82, 2.24) is 25.5 Å². The van der Waals surface area contributed by atoms with E-state index < -0.39 is 0 Å². The summed E-state index contributed by atoms with van der Waals surface area (Å²) in [5.74, 6) is 0.406. The molecular weight excluding hydrogens is 217 g/mol. The summed E-state index contributed by atoms with van der Waals surface area (Å²) in [6, 6.07) is 0. The van der Waals surface area contributed by atoms with Crippen LogP contribution in [-0.2, 0) is 6.54 Å². The molecule has 0 radical (unpaired) electrons. The van der Waals surface area contributed by atoms with Gasteiger partial charge in [-0.25, -0.2) is 4.68 Å². The Balaban J connectivity index is 2.29. The van der Waals surface area contributed by atoms with Crippen LogP contribution in [0.15, 0.2) is 5.16 Å². The zero-order valence-corrected chi connectivity index (χ0v) is 9.63. The first-order chi connectivity index (χ1) is 7.38. The van der Waals surface area contributed by atoms with Gasteiger partial charge in [0.05, 0.1) is 13.2 Å². The van der Waals surface area contributed by atoms with E-state index in [9.17, 15) is 4.39 Å². The maximum Gasteiger partial charge on any atom is 0.209 e. The molecule has 0 aromatic carbocycles. The maximum atomic E-state index is 12.0. The van der Waals surface area contributed by atoms with E-state index in [-0.39, 0.29) is 6.67 Å². The van der Waals surface area contributed by atoms with Crippen molar-refractivity contribution in [3.8, 4) is 0 Å². The number of hydrogen-bond donors (Lipinski definition) is 1. The Morgan fingerprint density at radius 1 is 1.47 bits per heavy atom. The predicted molar refractivity (Wildman–Crippen MR) is 57.7 cm³/mol. The van der Waals surface area contributed by atoms with Gasteiger partial charge in [0.2, 0.25) is 5.16 Å². The minimum Gasteiger partial charge on any atom is -0.315 e. The first kappa shape index (κ1) is 12.4. The lowest BCUT2D eigenvalue weighted by Gasteiger charge is -2.04. The van der Waals surface area contributed by atoms with Crippen molar-refractivity contribution < 1.29 is 4.39 Å². The molecule has 7 heteroatoms. The Morgan fingerprint density at radius 2 is 2.33 bits per heavy atom. The molecule has 0 bridgehead atoms. The van der Waals surface area contributed by atoms with Crippen molar-refractivity contribution in [2.24, 2.45) is 0 Å². The van der Waals surface area contributed by atoms with E-state index in [4.69, 9.17) is 0 Å². The van der Waals surface area contributed by atoms with Gasteiger partial charge in [-0.05, 0) is 23.4 Å². The largest absolute Gasteiger partial charge is 0.315 e. The molecular formula is C8H16FN5S. The Kier molecular flexibility index (Phi) is 6.26. The topological polar surface area (TPSA) is 55.6 Å². The molecule has 0 atom stereocenters. The molecule has 0 saturated heterocycles. The lowest BCUT2D eigenvalue weighted by molar-refractivity contribution is 0.508. The van der Waals surface area contributed by atoms with Gasteiger partial charge >= 0.3 is 0 Å². The molecule has 1 aromatic heterocycles. The Morgan fingerprint density at radius 3 is 3.07 bits per heavy atom. The van der Waals surface area contributed by atoms with E-state index >= 15 is 0 Å². The molecule has 0 saturated carbocycles. The molecule has 1 rings (SSSR count). The van der Waals surface area contributed by atoms with Crippen LogP contribution in [0.5, 0.6) is 0 Å². The van der Waals surface area contributed by atoms with E-state index in [0.29, 0.717) is 10.9 Å². The van der Waals surface area contributed by atoms with Crippen molar-refractivity contribution in [2.75, 3.05) is 25.5 Å². The van der Waals surface area contributed by atoms with Gasteiger partial charge < -0.3 is 5.32 Å². The fourth-order valence-corrected chi connectivity index (χ4v) is 1.69. The number of halogens is 1. The van der Waals surface area contributed by atoms with E-state index in [0.717, 1.165) is 26.1 Å². The van der Waals surface area contributed by atoms with Gasteiger partial charge in [-0.2, -0.15) is 0 Å². The average Bonchev–Trinajstić information content (AvgIpc) is 2.69. The lowest BCUT2D eigenvalue weighted by Crippen LogP contribution is -2.21. The second-order valence-electron chi connectivity index (χ2n) is 2.97. The molecule has 15 heavy (non-hydrogen) atoms. The van der Waals surface area contributed by atoms with Crippen molar-refractivity contribution >= 4 is 11.8 Å². The van der Waals surface area contributed by atoms with Gasteiger partial charge in [-0.3, -0.25) is 4.39 Å². The minimum absolute atomic E-state index is 0.356. The zero-order chi connectivity index (χ0) is 10.9. The highest BCUT2D eigenvalue weighted by Crippen LogP contribution is 2.12. The number of thioether (sulfide) groups is 1. The van der Waals surface area contributed by atoms with Crippen molar-refractivity contribution in [2.45, 2.75) is 25.0 Å². The molecule has 1 aromatic rings. The number of nitrogens with zero attached hydrogens (tertiary/aromatic N) is 4. The van der Waals surface area contributed by atoms with E-state index in [1.807, 2.05) is 0 Å². The normalized spacial score (nSPS) is 10.8. The van der Waals surface area contributed by atoms with Gasteiger partial charge in [0.1, 0.15) is 0 Å². The van der Waals surface area contributed by atoms with Crippen LogP contribution in [0.3, 0.4) is 0 Å². The minimum atomic E-state index is -0.356. The molecule has 0 unspecified atom stereocenters. The second-order valence-corrected chi connectivity index (χ2v) is 4.03. The molecule has 0 spiro atoms. The third-order valence-electron chi connectivity index (χ3n) is 1.73. The number of tetrazole rings is 1. The first-order valence-electron chi connectivity index (χ1n) is 5.04. The van der Waals surface area contributed by atoms with Crippen molar-refractivity contribution in [3.05, 3.63) is 0 Å². The smallest absolute Gasteiger partial charge is 0.209 e. The summed E-state index contributed by atoms with van der Waals surface area (Å²) in [5.41, 5.74) is 0. The summed E-state index contributed by atoms with van der Waals surface area (Å²) < 4.78 is 13.7. The van der Waals surface area contributed by atoms with Crippen LogP contribution in [-0.4, -0.2) is 45.7 Å². The number of alkyl halides is 1. The second kappa shape index (κ2) is 7.58. The lowest BCUT2D eigenvalue weighted by atomic mass is 10.5. The number of rotatable bonds is 8. The first-order valence-corrected chi connectivity index (χ1v) is 6.02. The van der Waals surface area contributed by atoms with Crippen LogP contribution >= 0.6 is 11.8 Å². The Labute approximate surface area is 92.8 Å². The maximum absolute atomic E-state index is 12.0. The highest BCUT2D eigenvalue weighted by Gasteiger charge is 2.05. The monoisotopic (exact) mass is 233 g/mol. The molecule has 1 heterocycles. The molecule has 0 aliphatic heterocycles. The van der Waals surface area contributed by atoms with Gasteiger partial charge in [-0.1, -0.05) is 18.7 Å². The summed E-state index contributed by atoms with van der Waals surface area (Å²) in [6.07, 6.45) is 1.11. The van der Waals surface area contributed by atoms with Gasteiger partial charge in [-0.15, -0.1) is 5.10 Å². The molecule has 0 aliphatic carbocycles. The van der Waals surface area contributed by atoms with Crippen LogP contribution in [0, 0.1) is 0 Å². The molecule has 0 fully saturated rings. The fraction of sp³-hybridized carbons (Fsp3) is 0.875. The fourth-order valence-electron chi connectivity index (χ4n) is 1.06. The van der Waals surface area contributed by atoms with Crippen LogP contribution in [0.25, 0.3) is 0 Å². The standard InChI is InChI=1S/C8H16FN5S/c1-2-4-10-5-6-14-8(11-12-13-14)15-7-3-9/h10H,2-7H2,1H3.